The Morgan fingerprint density at radius 2 is 1.83 bits per heavy atom. The lowest BCUT2D eigenvalue weighted by molar-refractivity contribution is 0.0729. The second-order valence-electron chi connectivity index (χ2n) is 4.79. The average molecular weight is 366 g/mol. The van der Waals surface area contributed by atoms with Crippen LogP contribution in [0.1, 0.15) is 15.9 Å². The molecule has 0 atom stereocenters. The van der Waals surface area contributed by atoms with Crippen molar-refractivity contribution in [3.05, 3.63) is 52.5 Å². The molecule has 0 unspecified atom stereocenters. The zero-order chi connectivity index (χ0) is 17.9. The maximum Gasteiger partial charge on any atom is 0.343 e. The molecule has 0 spiro atoms. The van der Waals surface area contributed by atoms with Gasteiger partial charge in [0.15, 0.2) is 21.3 Å². The van der Waals surface area contributed by atoms with Crippen molar-refractivity contribution in [1.82, 2.24) is 0 Å². The van der Waals surface area contributed by atoms with Crippen LogP contribution < -0.4 is 9.47 Å². The molecule has 0 aliphatic rings. The van der Waals surface area contributed by atoms with Crippen LogP contribution in [0, 0.1) is 11.3 Å². The van der Waals surface area contributed by atoms with E-state index in [1.54, 1.807) is 0 Å². The number of rotatable bonds is 4. The highest BCUT2D eigenvalue weighted by Gasteiger charge is 2.18. The van der Waals surface area contributed by atoms with Gasteiger partial charge in [0.1, 0.15) is 0 Å². The number of methoxy groups -OCH3 is 1. The van der Waals surface area contributed by atoms with Crippen LogP contribution >= 0.6 is 11.6 Å². The van der Waals surface area contributed by atoms with Crippen molar-refractivity contribution in [3.8, 4) is 17.6 Å². The van der Waals surface area contributed by atoms with Crippen molar-refractivity contribution < 1.29 is 22.7 Å². The summed E-state index contributed by atoms with van der Waals surface area (Å²) in [4.78, 5) is 12.3. The van der Waals surface area contributed by atoms with Crippen molar-refractivity contribution in [2.24, 2.45) is 0 Å². The molecule has 0 heterocycles. The molecular formula is C16H12ClNO5S. The first-order chi connectivity index (χ1) is 11.3. The minimum atomic E-state index is -3.35. The maximum atomic E-state index is 12.2. The highest BCUT2D eigenvalue weighted by atomic mass is 35.5. The summed E-state index contributed by atoms with van der Waals surface area (Å²) in [6, 6.07) is 9.94. The summed E-state index contributed by atoms with van der Waals surface area (Å²) in [5, 5.41) is 8.95. The zero-order valence-electron chi connectivity index (χ0n) is 12.7. The molecule has 0 aromatic heterocycles. The normalized spacial score (nSPS) is 10.8. The monoisotopic (exact) mass is 365 g/mol. The minimum absolute atomic E-state index is 0.0182. The number of nitrogens with zero attached hydrogens (tertiary/aromatic N) is 1. The largest absolute Gasteiger partial charge is 0.493 e. The van der Waals surface area contributed by atoms with Gasteiger partial charge in [0.2, 0.25) is 0 Å². The predicted molar refractivity (Wildman–Crippen MR) is 87.2 cm³/mol. The SMILES string of the molecule is COc1cc(C#N)cc(Cl)c1OC(=O)c1ccc(S(C)(=O)=O)cc1. The van der Waals surface area contributed by atoms with Crippen LogP contribution in [0.5, 0.6) is 11.5 Å². The van der Waals surface area contributed by atoms with E-state index >= 15 is 0 Å². The molecule has 0 amide bonds. The molecule has 0 aliphatic heterocycles. The molecule has 0 saturated carbocycles. The Bertz CT molecular complexity index is 930. The lowest BCUT2D eigenvalue weighted by atomic mass is 10.2. The van der Waals surface area contributed by atoms with Crippen molar-refractivity contribution in [2.45, 2.75) is 4.90 Å². The first-order valence-corrected chi connectivity index (χ1v) is 8.83. The molecule has 6 nitrogen and oxygen atoms in total. The van der Waals surface area contributed by atoms with E-state index < -0.39 is 15.8 Å². The standard InChI is InChI=1S/C16H12ClNO5S/c1-22-14-8-10(9-18)7-13(17)15(14)23-16(19)11-3-5-12(6-4-11)24(2,20)21/h3-8H,1-2H3. The van der Waals surface area contributed by atoms with E-state index in [1.807, 2.05) is 6.07 Å². The smallest absolute Gasteiger partial charge is 0.343 e. The maximum absolute atomic E-state index is 12.2. The number of hydrogen-bond donors (Lipinski definition) is 0. The Morgan fingerprint density at radius 1 is 1.21 bits per heavy atom. The third-order valence-electron chi connectivity index (χ3n) is 3.07. The van der Waals surface area contributed by atoms with Crippen molar-refractivity contribution in [2.75, 3.05) is 13.4 Å². The van der Waals surface area contributed by atoms with Gasteiger partial charge in [-0.2, -0.15) is 5.26 Å². The highest BCUT2D eigenvalue weighted by molar-refractivity contribution is 7.90. The summed E-state index contributed by atoms with van der Waals surface area (Å²) in [6.45, 7) is 0. The molecule has 0 aliphatic carbocycles. The van der Waals surface area contributed by atoms with Gasteiger partial charge < -0.3 is 9.47 Å². The molecule has 24 heavy (non-hydrogen) atoms. The van der Waals surface area contributed by atoms with Crippen LogP contribution in [0.15, 0.2) is 41.3 Å². The molecule has 2 aromatic carbocycles. The molecule has 0 saturated heterocycles. The lowest BCUT2D eigenvalue weighted by Crippen LogP contribution is -2.10. The number of ether oxygens (including phenoxy) is 2. The quantitative estimate of drug-likeness (QED) is 0.611. The van der Waals surface area contributed by atoms with Crippen LogP contribution in [0.2, 0.25) is 5.02 Å². The summed E-state index contributed by atoms with van der Waals surface area (Å²) in [5.41, 5.74) is 0.402. The molecular weight excluding hydrogens is 354 g/mol. The van der Waals surface area contributed by atoms with Gasteiger partial charge in [0.25, 0.3) is 0 Å². The highest BCUT2D eigenvalue weighted by Crippen LogP contribution is 2.36. The summed E-state index contributed by atoms with van der Waals surface area (Å²) < 4.78 is 33.1. The molecule has 0 bridgehead atoms. The number of carbonyl (C=O) groups excluding carboxylic acids is 1. The summed E-state index contributed by atoms with van der Waals surface area (Å²) in [5.74, 6) is -0.615. The van der Waals surface area contributed by atoms with E-state index in [0.717, 1.165) is 6.26 Å². The average Bonchev–Trinajstić information content (AvgIpc) is 2.55. The van der Waals surface area contributed by atoms with E-state index in [1.165, 1.54) is 43.5 Å². The van der Waals surface area contributed by atoms with E-state index in [9.17, 15) is 13.2 Å². The third kappa shape index (κ3) is 3.85. The fourth-order valence-corrected chi connectivity index (χ4v) is 2.75. The van der Waals surface area contributed by atoms with Crippen LogP contribution in [-0.2, 0) is 9.84 Å². The minimum Gasteiger partial charge on any atom is -0.493 e. The van der Waals surface area contributed by atoms with E-state index in [-0.39, 0.29) is 32.5 Å². The number of benzene rings is 2. The first-order valence-electron chi connectivity index (χ1n) is 6.56. The Kier molecular flexibility index (Phi) is 5.12. The number of hydrogen-bond acceptors (Lipinski definition) is 6. The number of halogens is 1. The van der Waals surface area contributed by atoms with Crippen LogP contribution in [0.4, 0.5) is 0 Å². The van der Waals surface area contributed by atoms with Gasteiger partial charge in [-0.15, -0.1) is 0 Å². The Balaban J connectivity index is 2.32. The Labute approximate surface area is 144 Å². The number of sulfone groups is 1. The first kappa shape index (κ1) is 17.8. The van der Waals surface area contributed by atoms with Gasteiger partial charge in [-0.25, -0.2) is 13.2 Å². The van der Waals surface area contributed by atoms with Gasteiger partial charge in [-0.05, 0) is 30.3 Å². The molecule has 8 heteroatoms. The third-order valence-corrected chi connectivity index (χ3v) is 4.48. The number of esters is 1. The van der Waals surface area contributed by atoms with Gasteiger partial charge >= 0.3 is 5.97 Å². The summed E-state index contributed by atoms with van der Waals surface area (Å²) in [7, 11) is -2.00. The van der Waals surface area contributed by atoms with Gasteiger partial charge in [0, 0.05) is 12.3 Å². The van der Waals surface area contributed by atoms with Crippen LogP contribution in [-0.4, -0.2) is 27.8 Å². The van der Waals surface area contributed by atoms with Crippen molar-refractivity contribution in [3.63, 3.8) is 0 Å². The fourth-order valence-electron chi connectivity index (χ4n) is 1.87. The molecule has 0 N–H and O–H groups in total. The molecule has 0 radical (unpaired) electrons. The van der Waals surface area contributed by atoms with Crippen molar-refractivity contribution >= 4 is 27.4 Å². The van der Waals surface area contributed by atoms with Gasteiger partial charge in [0.05, 0.1) is 34.2 Å². The zero-order valence-corrected chi connectivity index (χ0v) is 14.3. The molecule has 2 rings (SSSR count). The van der Waals surface area contributed by atoms with E-state index in [2.05, 4.69) is 0 Å². The van der Waals surface area contributed by atoms with E-state index in [0.29, 0.717) is 0 Å². The molecule has 0 fully saturated rings. The van der Waals surface area contributed by atoms with Crippen LogP contribution in [0.3, 0.4) is 0 Å². The lowest BCUT2D eigenvalue weighted by Gasteiger charge is -2.11. The second-order valence-corrected chi connectivity index (χ2v) is 7.21. The molecule has 124 valence electrons. The number of nitriles is 1. The summed E-state index contributed by atoms with van der Waals surface area (Å²) in [6.07, 6.45) is 1.07. The van der Waals surface area contributed by atoms with Gasteiger partial charge in [-0.1, -0.05) is 11.6 Å². The fraction of sp³-hybridized carbons (Fsp3) is 0.125. The number of carbonyl (C=O) groups is 1. The van der Waals surface area contributed by atoms with Crippen LogP contribution in [0.25, 0.3) is 0 Å². The topological polar surface area (TPSA) is 93.5 Å². The predicted octanol–water partition coefficient (Wildman–Crippen LogP) is 2.84. The Hall–Kier alpha value is -2.56. The second kappa shape index (κ2) is 6.91. The molecule has 2 aromatic rings. The Morgan fingerprint density at radius 3 is 2.33 bits per heavy atom. The van der Waals surface area contributed by atoms with Crippen molar-refractivity contribution in [1.29, 1.82) is 5.26 Å². The van der Waals surface area contributed by atoms with Gasteiger partial charge in [-0.3, -0.25) is 0 Å². The van der Waals surface area contributed by atoms with E-state index in [4.69, 9.17) is 26.3 Å². The summed E-state index contributed by atoms with van der Waals surface area (Å²) >= 11 is 6.02.